The summed E-state index contributed by atoms with van der Waals surface area (Å²) in [6, 6.07) is 7.76. The lowest BCUT2D eigenvalue weighted by molar-refractivity contribution is -0.761. The summed E-state index contributed by atoms with van der Waals surface area (Å²) < 4.78 is 11.8. The smallest absolute Gasteiger partial charge is 0.320 e. The van der Waals surface area contributed by atoms with Gasteiger partial charge in [0.1, 0.15) is 5.75 Å². The molecule has 0 amide bonds. The average Bonchev–Trinajstić information content (AvgIpc) is 2.92. The third-order valence-electron chi connectivity index (χ3n) is 2.65. The van der Waals surface area contributed by atoms with Gasteiger partial charge in [0.05, 0.1) is 13.0 Å². The maximum atomic E-state index is 11.0. The predicted molar refractivity (Wildman–Crippen MR) is 71.2 cm³/mol. The zero-order valence-corrected chi connectivity index (χ0v) is 11.7. The SMILES string of the molecule is COc1ccccc1CC[n+]1cc(/N=C(/[O-])CCl)on1. The van der Waals surface area contributed by atoms with Gasteiger partial charge in [-0.25, -0.2) is 4.99 Å². The van der Waals surface area contributed by atoms with Crippen molar-refractivity contribution >= 4 is 23.4 Å². The second-order valence-corrected chi connectivity index (χ2v) is 4.27. The molecule has 106 valence electrons. The molecule has 0 bridgehead atoms. The lowest BCUT2D eigenvalue weighted by atomic mass is 10.1. The van der Waals surface area contributed by atoms with Crippen LogP contribution in [0, 0.1) is 0 Å². The summed E-state index contributed by atoms with van der Waals surface area (Å²) in [6.45, 7) is 0.592. The van der Waals surface area contributed by atoms with Crippen LogP contribution in [0.1, 0.15) is 5.56 Å². The number of hydrogen-bond donors (Lipinski definition) is 0. The fourth-order valence-corrected chi connectivity index (χ4v) is 1.78. The maximum absolute atomic E-state index is 11.0. The van der Waals surface area contributed by atoms with E-state index in [0.717, 1.165) is 17.7 Å². The van der Waals surface area contributed by atoms with Crippen molar-refractivity contribution in [2.24, 2.45) is 4.99 Å². The number of rotatable bonds is 6. The molecular formula is C13H14ClN3O3. The van der Waals surface area contributed by atoms with Crippen LogP contribution in [0.15, 0.2) is 40.0 Å². The fraction of sp³-hybridized carbons (Fsp3) is 0.308. The van der Waals surface area contributed by atoms with Gasteiger partial charge in [0.15, 0.2) is 6.54 Å². The van der Waals surface area contributed by atoms with E-state index < -0.39 is 5.90 Å². The molecule has 0 spiro atoms. The minimum atomic E-state index is -0.459. The van der Waals surface area contributed by atoms with Crippen molar-refractivity contribution in [3.05, 3.63) is 36.0 Å². The number of aliphatic imine (C=N–C) groups is 1. The van der Waals surface area contributed by atoms with Gasteiger partial charge in [-0.05, 0) is 12.0 Å². The summed E-state index contributed by atoms with van der Waals surface area (Å²) in [6.07, 6.45) is 2.28. The molecule has 0 aliphatic heterocycles. The zero-order valence-electron chi connectivity index (χ0n) is 11.0. The Bertz CT molecular complexity index is 598. The van der Waals surface area contributed by atoms with Crippen LogP contribution in [0.2, 0.25) is 0 Å². The van der Waals surface area contributed by atoms with Crippen LogP contribution in [0.4, 0.5) is 5.88 Å². The van der Waals surface area contributed by atoms with Crippen LogP contribution < -0.4 is 14.5 Å². The van der Waals surface area contributed by atoms with Gasteiger partial charge >= 0.3 is 5.88 Å². The van der Waals surface area contributed by atoms with Gasteiger partial charge in [-0.15, -0.1) is 11.6 Å². The van der Waals surface area contributed by atoms with Crippen LogP contribution in [-0.2, 0) is 13.0 Å². The van der Waals surface area contributed by atoms with E-state index in [-0.39, 0.29) is 11.8 Å². The van der Waals surface area contributed by atoms with E-state index in [1.807, 2.05) is 24.3 Å². The molecule has 1 aromatic carbocycles. The number of methoxy groups -OCH3 is 1. The van der Waals surface area contributed by atoms with Crippen LogP contribution >= 0.6 is 11.6 Å². The molecule has 0 aliphatic carbocycles. The van der Waals surface area contributed by atoms with Crippen molar-refractivity contribution in [3.8, 4) is 5.75 Å². The average molecular weight is 296 g/mol. The number of aryl methyl sites for hydroxylation is 2. The first-order valence-corrected chi connectivity index (χ1v) is 6.55. The van der Waals surface area contributed by atoms with Crippen LogP contribution in [0.25, 0.3) is 0 Å². The number of hydrogen-bond acceptors (Lipinski definition) is 5. The summed E-state index contributed by atoms with van der Waals surface area (Å²) in [5.41, 5.74) is 1.07. The van der Waals surface area contributed by atoms with Crippen LogP contribution in [0.3, 0.4) is 0 Å². The highest BCUT2D eigenvalue weighted by Crippen LogP contribution is 2.17. The Morgan fingerprint density at radius 2 is 2.30 bits per heavy atom. The molecule has 0 fully saturated rings. The van der Waals surface area contributed by atoms with E-state index in [0.29, 0.717) is 6.54 Å². The molecule has 7 heteroatoms. The Hall–Kier alpha value is -2.08. The largest absolute Gasteiger partial charge is 0.861 e. The minimum Gasteiger partial charge on any atom is -0.861 e. The molecule has 0 saturated heterocycles. The number of nitrogens with zero attached hydrogens (tertiary/aromatic N) is 3. The van der Waals surface area contributed by atoms with Crippen LogP contribution in [0.5, 0.6) is 5.75 Å². The molecule has 0 radical (unpaired) electrons. The summed E-state index contributed by atoms with van der Waals surface area (Å²) in [7, 11) is 1.64. The number of benzene rings is 1. The molecule has 2 aromatic rings. The summed E-state index contributed by atoms with van der Waals surface area (Å²) in [5.74, 6) is 0.344. The van der Waals surface area contributed by atoms with Crippen molar-refractivity contribution in [2.75, 3.05) is 13.0 Å². The van der Waals surface area contributed by atoms with Crippen molar-refractivity contribution in [2.45, 2.75) is 13.0 Å². The predicted octanol–water partition coefficient (Wildman–Crippen LogP) is 0.842. The lowest BCUT2D eigenvalue weighted by Crippen LogP contribution is -2.35. The van der Waals surface area contributed by atoms with Gasteiger partial charge in [0.25, 0.3) is 6.20 Å². The maximum Gasteiger partial charge on any atom is 0.320 e. The van der Waals surface area contributed by atoms with Gasteiger partial charge < -0.3 is 9.84 Å². The Kier molecular flexibility index (Phi) is 4.95. The molecule has 6 nitrogen and oxygen atoms in total. The van der Waals surface area contributed by atoms with Crippen molar-refractivity contribution in [1.82, 2.24) is 5.27 Å². The molecule has 0 aliphatic rings. The molecule has 0 atom stereocenters. The minimum absolute atomic E-state index is 0.149. The summed E-state index contributed by atoms with van der Waals surface area (Å²) in [4.78, 5) is 3.64. The lowest BCUT2D eigenvalue weighted by Gasteiger charge is -2.04. The monoisotopic (exact) mass is 295 g/mol. The van der Waals surface area contributed by atoms with E-state index in [2.05, 4.69) is 10.3 Å². The molecule has 20 heavy (non-hydrogen) atoms. The van der Waals surface area contributed by atoms with Gasteiger partial charge in [-0.1, -0.05) is 22.9 Å². The van der Waals surface area contributed by atoms with Crippen molar-refractivity contribution in [1.29, 1.82) is 0 Å². The van der Waals surface area contributed by atoms with Gasteiger partial charge in [-0.2, -0.15) is 0 Å². The molecule has 0 N–H and O–H groups in total. The Balaban J connectivity index is 2.01. The quantitative estimate of drug-likeness (QED) is 0.343. The molecule has 0 saturated carbocycles. The van der Waals surface area contributed by atoms with E-state index in [1.165, 1.54) is 0 Å². The van der Waals surface area contributed by atoms with Crippen molar-refractivity contribution in [3.63, 3.8) is 0 Å². The van der Waals surface area contributed by atoms with Gasteiger partial charge in [0.2, 0.25) is 5.27 Å². The zero-order chi connectivity index (χ0) is 14.4. The van der Waals surface area contributed by atoms with E-state index in [9.17, 15) is 5.11 Å². The normalized spacial score (nSPS) is 11.6. The first-order chi connectivity index (χ1) is 9.72. The highest BCUT2D eigenvalue weighted by Gasteiger charge is 2.12. The molecule has 1 aromatic heterocycles. The number of halogens is 1. The highest BCUT2D eigenvalue weighted by atomic mass is 35.5. The number of para-hydroxylation sites is 1. The van der Waals surface area contributed by atoms with Gasteiger partial charge in [-0.3, -0.25) is 4.52 Å². The molecule has 0 unspecified atom stereocenters. The van der Waals surface area contributed by atoms with Crippen LogP contribution in [-0.4, -0.2) is 24.2 Å². The highest BCUT2D eigenvalue weighted by molar-refractivity contribution is 6.26. The number of ether oxygens (including phenoxy) is 1. The van der Waals surface area contributed by atoms with E-state index in [1.54, 1.807) is 18.0 Å². The first kappa shape index (κ1) is 14.3. The molecule has 1 heterocycles. The second-order valence-electron chi connectivity index (χ2n) is 4.00. The third kappa shape index (κ3) is 3.71. The third-order valence-corrected chi connectivity index (χ3v) is 2.88. The van der Waals surface area contributed by atoms with E-state index >= 15 is 0 Å². The summed E-state index contributed by atoms with van der Waals surface area (Å²) >= 11 is 5.36. The van der Waals surface area contributed by atoms with E-state index in [4.69, 9.17) is 20.9 Å². The fourth-order valence-electron chi connectivity index (χ4n) is 1.72. The van der Waals surface area contributed by atoms with Crippen molar-refractivity contribution < 1.29 is 19.0 Å². The van der Waals surface area contributed by atoms with Gasteiger partial charge in [0, 0.05) is 12.0 Å². The Morgan fingerprint density at radius 1 is 1.50 bits per heavy atom. The Morgan fingerprint density at radius 3 is 3.05 bits per heavy atom. The first-order valence-electron chi connectivity index (χ1n) is 6.02. The molecule has 2 rings (SSSR count). The Labute approximate surface area is 121 Å². The molecular weight excluding hydrogens is 282 g/mol. The second kappa shape index (κ2) is 6.91. The number of aromatic nitrogens is 2. The standard InChI is InChI=1S/C13H14ClN3O3/c1-19-11-5-3-2-4-10(11)6-7-17-9-13(20-16-17)15-12(18)8-14/h2-5,9H,6-8H2,1H3. The summed E-state index contributed by atoms with van der Waals surface area (Å²) in [5, 5.41) is 14.8. The topological polar surface area (TPSA) is 74.6 Å². The number of alkyl halides is 1.